The summed E-state index contributed by atoms with van der Waals surface area (Å²) in [7, 11) is 1.62. The van der Waals surface area contributed by atoms with E-state index in [2.05, 4.69) is 4.98 Å². The second-order valence-electron chi connectivity index (χ2n) is 5.93. The SMILES string of the molecule is COc1cccc(-c2cncc(C(=O)N(N)CCc3ccccc3)c2)c1. The Bertz CT molecular complexity index is 881. The Morgan fingerprint density at radius 3 is 2.62 bits per heavy atom. The zero-order chi connectivity index (χ0) is 18.4. The lowest BCUT2D eigenvalue weighted by Crippen LogP contribution is -2.39. The van der Waals surface area contributed by atoms with Crippen LogP contribution in [-0.2, 0) is 6.42 Å². The molecule has 1 aromatic heterocycles. The van der Waals surface area contributed by atoms with Gasteiger partial charge in [-0.2, -0.15) is 0 Å². The van der Waals surface area contributed by atoms with Crippen molar-refractivity contribution >= 4 is 5.91 Å². The highest BCUT2D eigenvalue weighted by Crippen LogP contribution is 2.24. The number of nitrogens with two attached hydrogens (primary N) is 1. The molecule has 1 amide bonds. The first-order valence-electron chi connectivity index (χ1n) is 8.37. The summed E-state index contributed by atoms with van der Waals surface area (Å²) in [6.45, 7) is 0.437. The topological polar surface area (TPSA) is 68.5 Å². The lowest BCUT2D eigenvalue weighted by atomic mass is 10.1. The number of methoxy groups -OCH3 is 1. The van der Waals surface area contributed by atoms with Gasteiger partial charge in [-0.3, -0.25) is 14.8 Å². The zero-order valence-corrected chi connectivity index (χ0v) is 14.6. The van der Waals surface area contributed by atoms with E-state index in [0.717, 1.165) is 22.4 Å². The molecule has 1 heterocycles. The smallest absolute Gasteiger partial charge is 0.269 e. The molecule has 2 N–H and O–H groups in total. The third-order valence-corrected chi connectivity index (χ3v) is 4.13. The van der Waals surface area contributed by atoms with E-state index in [1.807, 2.05) is 54.6 Å². The summed E-state index contributed by atoms with van der Waals surface area (Å²) in [6.07, 6.45) is 3.96. The fourth-order valence-corrected chi connectivity index (χ4v) is 2.68. The average molecular weight is 347 g/mol. The molecule has 3 rings (SSSR count). The predicted molar refractivity (Wildman–Crippen MR) is 102 cm³/mol. The van der Waals surface area contributed by atoms with Crippen LogP contribution >= 0.6 is 0 Å². The van der Waals surface area contributed by atoms with Gasteiger partial charge in [0.25, 0.3) is 5.91 Å². The van der Waals surface area contributed by atoms with Gasteiger partial charge in [-0.1, -0.05) is 42.5 Å². The Kier molecular flexibility index (Phi) is 5.61. The molecule has 0 atom stereocenters. The van der Waals surface area contributed by atoms with E-state index in [1.165, 1.54) is 11.2 Å². The highest BCUT2D eigenvalue weighted by Gasteiger charge is 2.14. The molecular weight excluding hydrogens is 326 g/mol. The van der Waals surface area contributed by atoms with Gasteiger partial charge in [0.1, 0.15) is 5.75 Å². The third kappa shape index (κ3) is 4.26. The number of pyridine rings is 1. The molecule has 26 heavy (non-hydrogen) atoms. The van der Waals surface area contributed by atoms with Crippen LogP contribution in [0.5, 0.6) is 5.75 Å². The Morgan fingerprint density at radius 1 is 1.04 bits per heavy atom. The van der Waals surface area contributed by atoms with Gasteiger partial charge in [-0.05, 0) is 35.7 Å². The minimum Gasteiger partial charge on any atom is -0.497 e. The molecule has 0 saturated carbocycles. The summed E-state index contributed by atoms with van der Waals surface area (Å²) >= 11 is 0. The van der Waals surface area contributed by atoms with E-state index in [0.29, 0.717) is 18.5 Å². The minimum absolute atomic E-state index is 0.252. The fourth-order valence-electron chi connectivity index (χ4n) is 2.68. The molecule has 5 heteroatoms. The van der Waals surface area contributed by atoms with Crippen LogP contribution in [0.4, 0.5) is 0 Å². The van der Waals surface area contributed by atoms with Crippen molar-refractivity contribution in [3.63, 3.8) is 0 Å². The first-order valence-corrected chi connectivity index (χ1v) is 8.37. The molecule has 0 unspecified atom stereocenters. The lowest BCUT2D eigenvalue weighted by Gasteiger charge is -2.17. The summed E-state index contributed by atoms with van der Waals surface area (Å²) in [5.41, 5.74) is 3.37. The first-order chi connectivity index (χ1) is 12.7. The normalized spacial score (nSPS) is 10.4. The maximum Gasteiger partial charge on any atom is 0.269 e. The van der Waals surface area contributed by atoms with Crippen molar-refractivity contribution in [1.82, 2.24) is 9.99 Å². The third-order valence-electron chi connectivity index (χ3n) is 4.13. The van der Waals surface area contributed by atoms with Crippen molar-refractivity contribution in [3.05, 3.63) is 84.2 Å². The number of rotatable bonds is 6. The van der Waals surface area contributed by atoms with E-state index in [-0.39, 0.29) is 5.91 Å². The van der Waals surface area contributed by atoms with Crippen LogP contribution in [0.1, 0.15) is 15.9 Å². The zero-order valence-electron chi connectivity index (χ0n) is 14.6. The van der Waals surface area contributed by atoms with E-state index >= 15 is 0 Å². The molecule has 0 aliphatic carbocycles. The Hall–Kier alpha value is -3.18. The molecule has 0 bridgehead atoms. The van der Waals surface area contributed by atoms with Crippen molar-refractivity contribution < 1.29 is 9.53 Å². The summed E-state index contributed by atoms with van der Waals surface area (Å²) in [5, 5.41) is 1.24. The van der Waals surface area contributed by atoms with Gasteiger partial charge in [-0.15, -0.1) is 0 Å². The lowest BCUT2D eigenvalue weighted by molar-refractivity contribution is 0.0757. The number of ether oxygens (including phenoxy) is 1. The monoisotopic (exact) mass is 347 g/mol. The number of hydrogen-bond acceptors (Lipinski definition) is 4. The van der Waals surface area contributed by atoms with Gasteiger partial charge >= 0.3 is 0 Å². The number of hydrazine groups is 1. The predicted octanol–water partition coefficient (Wildman–Crippen LogP) is 3.32. The Balaban J connectivity index is 1.73. The highest BCUT2D eigenvalue weighted by molar-refractivity contribution is 5.94. The number of carbonyl (C=O) groups is 1. The van der Waals surface area contributed by atoms with Crippen LogP contribution in [-0.4, -0.2) is 29.6 Å². The van der Waals surface area contributed by atoms with Gasteiger partial charge < -0.3 is 4.74 Å². The van der Waals surface area contributed by atoms with Gasteiger partial charge in [0, 0.05) is 24.5 Å². The van der Waals surface area contributed by atoms with E-state index in [1.54, 1.807) is 19.4 Å². The fraction of sp³-hybridized carbons (Fsp3) is 0.143. The number of carbonyl (C=O) groups excluding carboxylic acids is 1. The molecule has 5 nitrogen and oxygen atoms in total. The number of nitrogens with zero attached hydrogens (tertiary/aromatic N) is 2. The first kappa shape index (κ1) is 17.6. The number of amides is 1. The minimum atomic E-state index is -0.252. The second-order valence-corrected chi connectivity index (χ2v) is 5.93. The van der Waals surface area contributed by atoms with Crippen LogP contribution in [0.2, 0.25) is 0 Å². The molecule has 0 fully saturated rings. The highest BCUT2D eigenvalue weighted by atomic mass is 16.5. The second kappa shape index (κ2) is 8.27. The quantitative estimate of drug-likeness (QED) is 0.422. The number of hydrogen-bond donors (Lipinski definition) is 1. The largest absolute Gasteiger partial charge is 0.497 e. The van der Waals surface area contributed by atoms with Crippen molar-refractivity contribution in [3.8, 4) is 16.9 Å². The summed E-state index contributed by atoms with van der Waals surface area (Å²) < 4.78 is 5.25. The van der Waals surface area contributed by atoms with Gasteiger partial charge in [0.15, 0.2) is 0 Å². The van der Waals surface area contributed by atoms with Crippen molar-refractivity contribution in [2.75, 3.05) is 13.7 Å². The molecule has 3 aromatic rings. The molecule has 0 aliphatic rings. The van der Waals surface area contributed by atoms with Crippen LogP contribution in [0, 0.1) is 0 Å². The van der Waals surface area contributed by atoms with Gasteiger partial charge in [-0.25, -0.2) is 5.84 Å². The number of aromatic nitrogens is 1. The summed E-state index contributed by atoms with van der Waals surface area (Å²) in [5.74, 6) is 6.47. The molecule has 0 aliphatic heterocycles. The van der Waals surface area contributed by atoms with Crippen molar-refractivity contribution in [1.29, 1.82) is 0 Å². The van der Waals surface area contributed by atoms with Crippen LogP contribution in [0.3, 0.4) is 0 Å². The summed E-state index contributed by atoms with van der Waals surface area (Å²) in [6, 6.07) is 19.4. The van der Waals surface area contributed by atoms with E-state index in [4.69, 9.17) is 10.6 Å². The standard InChI is InChI=1S/C21H21N3O2/c1-26-20-9-5-8-17(13-20)18-12-19(15-23-14-18)21(25)24(22)11-10-16-6-3-2-4-7-16/h2-9,12-15H,10-11,22H2,1H3. The molecule has 132 valence electrons. The van der Waals surface area contributed by atoms with Gasteiger partial charge in [0.05, 0.1) is 12.7 Å². The van der Waals surface area contributed by atoms with Crippen molar-refractivity contribution in [2.45, 2.75) is 6.42 Å². The van der Waals surface area contributed by atoms with Crippen LogP contribution in [0.15, 0.2) is 73.1 Å². The molecular formula is C21H21N3O2. The Labute approximate surface area is 153 Å². The van der Waals surface area contributed by atoms with E-state index < -0.39 is 0 Å². The molecule has 0 spiro atoms. The average Bonchev–Trinajstić information content (AvgIpc) is 2.72. The van der Waals surface area contributed by atoms with Gasteiger partial charge in [0.2, 0.25) is 0 Å². The maximum absolute atomic E-state index is 12.6. The molecule has 0 saturated heterocycles. The molecule has 0 radical (unpaired) electrons. The van der Waals surface area contributed by atoms with Crippen LogP contribution < -0.4 is 10.6 Å². The Morgan fingerprint density at radius 2 is 1.85 bits per heavy atom. The maximum atomic E-state index is 12.6. The van der Waals surface area contributed by atoms with Crippen molar-refractivity contribution in [2.24, 2.45) is 5.84 Å². The number of benzene rings is 2. The van der Waals surface area contributed by atoms with Crippen LogP contribution in [0.25, 0.3) is 11.1 Å². The summed E-state index contributed by atoms with van der Waals surface area (Å²) in [4.78, 5) is 16.8. The van der Waals surface area contributed by atoms with E-state index in [9.17, 15) is 4.79 Å². The molecule has 2 aromatic carbocycles.